The average Bonchev–Trinajstić information content (AvgIpc) is 3.21. The summed E-state index contributed by atoms with van der Waals surface area (Å²) in [6.45, 7) is 8.81. The van der Waals surface area contributed by atoms with Crippen molar-refractivity contribution in [1.29, 1.82) is 0 Å². The summed E-state index contributed by atoms with van der Waals surface area (Å²) in [5.74, 6) is 1.34. The van der Waals surface area contributed by atoms with Crippen LogP contribution in [-0.4, -0.2) is 30.9 Å². The van der Waals surface area contributed by atoms with Gasteiger partial charge in [-0.2, -0.15) is 0 Å². The van der Waals surface area contributed by atoms with E-state index in [1.165, 1.54) is 173 Å². The summed E-state index contributed by atoms with van der Waals surface area (Å²) in [6, 6.07) is 11.1. The highest BCUT2D eigenvalue weighted by atomic mass is 16.5. The van der Waals surface area contributed by atoms with Gasteiger partial charge in [-0.1, -0.05) is 218 Å². The number of unbranched alkanes of at least 4 members (excludes halogenated alkanes) is 27. The fourth-order valence-corrected chi connectivity index (χ4v) is 7.29. The molecule has 0 radical (unpaired) electrons. The fourth-order valence-electron chi connectivity index (χ4n) is 7.29. The minimum Gasteiger partial charge on any atom is -0.490 e. The van der Waals surface area contributed by atoms with E-state index in [0.29, 0.717) is 19.8 Å². The summed E-state index contributed by atoms with van der Waals surface area (Å²) in [5.41, 5.74) is 2.21. The number of rotatable bonds is 39. The molecule has 0 amide bonds. The first-order valence-electron chi connectivity index (χ1n) is 23.7. The van der Waals surface area contributed by atoms with E-state index >= 15 is 0 Å². The molecule has 0 unspecified atom stereocenters. The molecule has 1 N–H and O–H groups in total. The Morgan fingerprint density at radius 1 is 0.429 bits per heavy atom. The second kappa shape index (κ2) is 35.2. The van der Waals surface area contributed by atoms with Crippen LogP contribution in [0.4, 0.5) is 0 Å². The molecule has 318 valence electrons. The number of hydrogen-bond acceptors (Lipinski definition) is 4. The number of carbonyl (C=O) groups is 1. The highest BCUT2D eigenvalue weighted by molar-refractivity contribution is 5.88. The van der Waals surface area contributed by atoms with E-state index in [1.807, 2.05) is 18.2 Å². The Hall–Kier alpha value is -2.95. The molecule has 2 aromatic carbocycles. The molecule has 0 fully saturated rings. The number of carboxylic acids is 1. The molecule has 5 heteroatoms. The molecule has 0 aliphatic carbocycles. The minimum absolute atomic E-state index is 0.288. The lowest BCUT2D eigenvalue weighted by Gasteiger charge is -2.18. The number of hydrogen-bond donors (Lipinski definition) is 1. The van der Waals surface area contributed by atoms with Crippen LogP contribution in [0.15, 0.2) is 36.4 Å². The zero-order valence-corrected chi connectivity index (χ0v) is 36.5. The van der Waals surface area contributed by atoms with Gasteiger partial charge in [0.1, 0.15) is 0 Å². The van der Waals surface area contributed by atoms with Gasteiger partial charge in [0.2, 0.25) is 5.75 Å². The van der Waals surface area contributed by atoms with Gasteiger partial charge in [-0.25, -0.2) is 4.79 Å². The summed E-state index contributed by atoms with van der Waals surface area (Å²) >= 11 is 0. The highest BCUT2D eigenvalue weighted by Gasteiger charge is 2.16. The average molecular weight is 777 g/mol. The fraction of sp³-hybridized carbons (Fsp3) is 0.706. The summed E-state index contributed by atoms with van der Waals surface area (Å²) in [5, 5.41) is 9.33. The van der Waals surface area contributed by atoms with Crippen molar-refractivity contribution in [2.75, 3.05) is 19.8 Å². The van der Waals surface area contributed by atoms with Gasteiger partial charge in [0.05, 0.1) is 25.4 Å². The topological polar surface area (TPSA) is 65.0 Å². The molecule has 2 rings (SSSR count). The summed E-state index contributed by atoms with van der Waals surface area (Å²) in [4.78, 5) is 11.4. The van der Waals surface area contributed by atoms with Crippen molar-refractivity contribution < 1.29 is 24.1 Å². The Morgan fingerprint density at radius 3 is 1.07 bits per heavy atom. The zero-order chi connectivity index (χ0) is 40.2. The first-order chi connectivity index (χ1) is 27.6. The predicted octanol–water partition coefficient (Wildman–Crippen LogP) is 16.5. The van der Waals surface area contributed by atoms with Crippen LogP contribution in [0.5, 0.6) is 17.2 Å². The number of benzene rings is 2. The molecular formula is C51H84O5. The van der Waals surface area contributed by atoms with E-state index < -0.39 is 5.97 Å². The molecular weight excluding hydrogens is 693 g/mol. The largest absolute Gasteiger partial charge is 0.490 e. The maximum atomic E-state index is 11.4. The van der Waals surface area contributed by atoms with Crippen LogP contribution < -0.4 is 14.2 Å². The first kappa shape index (κ1) is 49.2. The van der Waals surface area contributed by atoms with Crippen molar-refractivity contribution in [3.8, 4) is 17.2 Å². The summed E-state index contributed by atoms with van der Waals surface area (Å²) in [7, 11) is 0. The number of ether oxygens (including phenoxy) is 3. The van der Waals surface area contributed by atoms with Gasteiger partial charge in [-0.05, 0) is 54.7 Å². The Balaban J connectivity index is 2.07. The van der Waals surface area contributed by atoms with Crippen molar-refractivity contribution in [3.05, 3.63) is 53.1 Å². The molecule has 0 aliphatic rings. The van der Waals surface area contributed by atoms with Crippen molar-refractivity contribution in [1.82, 2.24) is 0 Å². The molecule has 0 bridgehead atoms. The monoisotopic (exact) mass is 777 g/mol. The molecule has 2 aromatic rings. The lowest BCUT2D eigenvalue weighted by atomic mass is 10.1. The Kier molecular flexibility index (Phi) is 31.0. The third-order valence-electron chi connectivity index (χ3n) is 10.9. The van der Waals surface area contributed by atoms with Gasteiger partial charge >= 0.3 is 5.97 Å². The quantitative estimate of drug-likeness (QED) is 0.0541. The maximum absolute atomic E-state index is 11.4. The normalized spacial score (nSPS) is 11.4. The Labute approximate surface area is 344 Å². The number of aromatic carboxylic acids is 1. The van der Waals surface area contributed by atoms with E-state index in [2.05, 4.69) is 39.0 Å². The smallest absolute Gasteiger partial charge is 0.335 e. The van der Waals surface area contributed by atoms with Gasteiger partial charge in [0, 0.05) is 0 Å². The third kappa shape index (κ3) is 25.3. The lowest BCUT2D eigenvalue weighted by molar-refractivity contribution is 0.0697. The Morgan fingerprint density at radius 2 is 0.732 bits per heavy atom. The minimum atomic E-state index is -0.915. The second-order valence-electron chi connectivity index (χ2n) is 16.2. The van der Waals surface area contributed by atoms with Crippen molar-refractivity contribution in [2.24, 2.45) is 0 Å². The summed E-state index contributed by atoms with van der Waals surface area (Å²) < 4.78 is 19.6. The van der Waals surface area contributed by atoms with Gasteiger partial charge in [-0.15, -0.1) is 0 Å². The predicted molar refractivity (Wildman–Crippen MR) is 241 cm³/mol. The van der Waals surface area contributed by atoms with E-state index in [4.69, 9.17) is 14.2 Å². The van der Waals surface area contributed by atoms with E-state index in [-0.39, 0.29) is 5.56 Å². The SMILES string of the molecule is CCCCCCCCCCCCOc1cc(/C=C/c2ccc(C(=O)O)cc2)cc(OCCCCCCCCCCCC)c1OCCCCCCCCCCCC. The second-order valence-corrected chi connectivity index (χ2v) is 16.2. The van der Waals surface area contributed by atoms with Gasteiger partial charge in [0.25, 0.3) is 0 Å². The van der Waals surface area contributed by atoms with Crippen LogP contribution in [-0.2, 0) is 0 Å². The first-order valence-corrected chi connectivity index (χ1v) is 23.7. The van der Waals surface area contributed by atoms with Crippen molar-refractivity contribution in [3.63, 3.8) is 0 Å². The van der Waals surface area contributed by atoms with E-state index in [9.17, 15) is 9.90 Å². The van der Waals surface area contributed by atoms with Crippen LogP contribution in [0.25, 0.3) is 12.2 Å². The standard InChI is InChI=1S/C51H84O5/c1-4-7-10-13-16-19-22-25-28-31-40-54-48-43-46(35-34-45-36-38-47(39-37-45)51(52)53)44-49(55-41-32-29-26-23-20-17-14-11-8-5-2)50(48)56-42-33-30-27-24-21-18-15-12-9-6-3/h34-39,43-44H,4-33,40-42H2,1-3H3,(H,52,53)/b35-34+. The summed E-state index contributed by atoms with van der Waals surface area (Å²) in [6.07, 6.45) is 42.8. The molecule has 0 aliphatic heterocycles. The zero-order valence-electron chi connectivity index (χ0n) is 36.5. The third-order valence-corrected chi connectivity index (χ3v) is 10.9. The van der Waals surface area contributed by atoms with Gasteiger partial charge < -0.3 is 19.3 Å². The van der Waals surface area contributed by atoms with Crippen LogP contribution in [0.3, 0.4) is 0 Å². The number of carboxylic acid groups (broad SMARTS) is 1. The van der Waals surface area contributed by atoms with Crippen LogP contribution in [0, 0.1) is 0 Å². The molecule has 5 nitrogen and oxygen atoms in total. The highest BCUT2D eigenvalue weighted by Crippen LogP contribution is 2.40. The van der Waals surface area contributed by atoms with E-state index in [1.54, 1.807) is 12.1 Å². The Bertz CT molecular complexity index is 1190. The maximum Gasteiger partial charge on any atom is 0.335 e. The van der Waals surface area contributed by atoms with Crippen LogP contribution in [0.1, 0.15) is 235 Å². The molecule has 56 heavy (non-hydrogen) atoms. The lowest BCUT2D eigenvalue weighted by Crippen LogP contribution is -2.07. The molecule has 0 atom stereocenters. The molecule has 0 spiro atoms. The van der Waals surface area contributed by atoms with Gasteiger partial charge in [-0.3, -0.25) is 0 Å². The van der Waals surface area contributed by atoms with Crippen molar-refractivity contribution >= 4 is 18.1 Å². The molecule has 0 heterocycles. The van der Waals surface area contributed by atoms with Crippen LogP contribution >= 0.6 is 0 Å². The van der Waals surface area contributed by atoms with Gasteiger partial charge in [0.15, 0.2) is 11.5 Å². The molecule has 0 saturated carbocycles. The molecule has 0 aromatic heterocycles. The van der Waals surface area contributed by atoms with Crippen LogP contribution in [0.2, 0.25) is 0 Å². The molecule has 0 saturated heterocycles. The van der Waals surface area contributed by atoms with E-state index in [0.717, 1.165) is 47.6 Å². The van der Waals surface area contributed by atoms with Crippen molar-refractivity contribution in [2.45, 2.75) is 213 Å².